The summed E-state index contributed by atoms with van der Waals surface area (Å²) in [4.78, 5) is 45.6. The fourth-order valence-corrected chi connectivity index (χ4v) is 7.23. The van der Waals surface area contributed by atoms with E-state index >= 15 is 0 Å². The number of benzene rings is 3. The summed E-state index contributed by atoms with van der Waals surface area (Å²) in [5.41, 5.74) is 3.14. The molecule has 8 rings (SSSR count). The number of nitrogens with zero attached hydrogens (tertiary/aromatic N) is 3. The number of rotatable bonds is 4. The zero-order valence-corrected chi connectivity index (χ0v) is 20.6. The molecule has 1 saturated carbocycles. The third kappa shape index (κ3) is 3.62. The van der Waals surface area contributed by atoms with Crippen LogP contribution in [-0.2, 0) is 6.54 Å². The number of piperidine rings is 2. The quantitative estimate of drug-likeness (QED) is 0.506. The second-order valence-electron chi connectivity index (χ2n) is 10.9. The fourth-order valence-electron chi connectivity index (χ4n) is 7.23. The van der Waals surface area contributed by atoms with Crippen LogP contribution in [0.3, 0.4) is 0 Å². The molecular weight excluding hydrogens is 462 g/mol. The van der Waals surface area contributed by atoms with Gasteiger partial charge in [0.25, 0.3) is 17.7 Å². The van der Waals surface area contributed by atoms with E-state index in [1.165, 1.54) is 16.9 Å². The molecule has 6 heteroatoms. The van der Waals surface area contributed by atoms with Crippen molar-refractivity contribution in [2.45, 2.75) is 25.4 Å². The Kier molecular flexibility index (Phi) is 5.25. The molecule has 3 amide bonds. The Bertz CT molecular complexity index is 1370. The Labute approximate surface area is 216 Å². The van der Waals surface area contributed by atoms with Crippen LogP contribution < -0.4 is 4.90 Å². The maximum Gasteiger partial charge on any atom is 0.266 e. The lowest BCUT2D eigenvalue weighted by molar-refractivity contribution is -0.0144. The molecular formula is C31H29N3O3. The van der Waals surface area contributed by atoms with Crippen molar-refractivity contribution in [3.05, 3.63) is 101 Å². The van der Waals surface area contributed by atoms with E-state index < -0.39 is 0 Å². The predicted molar refractivity (Wildman–Crippen MR) is 140 cm³/mol. The molecule has 3 aromatic carbocycles. The van der Waals surface area contributed by atoms with Gasteiger partial charge in [-0.2, -0.15) is 0 Å². The van der Waals surface area contributed by atoms with Crippen molar-refractivity contribution < 1.29 is 14.4 Å². The summed E-state index contributed by atoms with van der Waals surface area (Å²) < 4.78 is 0. The number of amides is 3. The highest BCUT2D eigenvalue weighted by atomic mass is 16.2. The topological polar surface area (TPSA) is 60.9 Å². The molecule has 0 N–H and O–H groups in total. The van der Waals surface area contributed by atoms with Crippen molar-refractivity contribution in [2.24, 2.45) is 17.8 Å². The highest BCUT2D eigenvalue weighted by molar-refractivity contribution is 6.34. The van der Waals surface area contributed by atoms with Gasteiger partial charge in [0.1, 0.15) is 0 Å². The Balaban J connectivity index is 1.11. The number of imide groups is 1. The molecule has 0 radical (unpaired) electrons. The first kappa shape index (κ1) is 22.4. The second-order valence-corrected chi connectivity index (χ2v) is 10.9. The number of hydrogen-bond acceptors (Lipinski definition) is 4. The molecule has 4 fully saturated rings. The maximum atomic E-state index is 13.8. The second kappa shape index (κ2) is 8.67. The van der Waals surface area contributed by atoms with Crippen LogP contribution in [0.5, 0.6) is 0 Å². The monoisotopic (exact) mass is 491 g/mol. The minimum atomic E-state index is -0.338. The van der Waals surface area contributed by atoms with Gasteiger partial charge in [-0.05, 0) is 66.5 Å². The van der Waals surface area contributed by atoms with Crippen LogP contribution in [0.15, 0.2) is 78.9 Å². The molecule has 4 atom stereocenters. The van der Waals surface area contributed by atoms with Crippen LogP contribution in [0.1, 0.15) is 49.5 Å². The smallest absolute Gasteiger partial charge is 0.266 e. The van der Waals surface area contributed by atoms with Crippen molar-refractivity contribution in [1.82, 2.24) is 9.80 Å². The van der Waals surface area contributed by atoms with Crippen molar-refractivity contribution >= 4 is 23.4 Å². The SMILES string of the molecule is O=C1c2ccccc2C(=O)N1c1cccc(C(=O)N2CC3CCC2C2CN(Cc4ccccc4)CC32)c1. The number of anilines is 1. The Morgan fingerprint density at radius 1 is 0.757 bits per heavy atom. The lowest BCUT2D eigenvalue weighted by Gasteiger charge is -2.52. The van der Waals surface area contributed by atoms with Gasteiger partial charge in [-0.15, -0.1) is 0 Å². The molecule has 186 valence electrons. The first-order valence-corrected chi connectivity index (χ1v) is 13.2. The van der Waals surface area contributed by atoms with E-state index in [-0.39, 0.29) is 23.8 Å². The van der Waals surface area contributed by atoms with Gasteiger partial charge in [-0.3, -0.25) is 19.3 Å². The predicted octanol–water partition coefficient (Wildman–Crippen LogP) is 4.47. The Morgan fingerprint density at radius 3 is 2.22 bits per heavy atom. The number of carbonyl (C=O) groups is 3. The van der Waals surface area contributed by atoms with Gasteiger partial charge in [-0.25, -0.2) is 4.90 Å². The molecule has 0 aromatic heterocycles. The van der Waals surface area contributed by atoms with Crippen molar-refractivity contribution in [1.29, 1.82) is 0 Å². The average Bonchev–Trinajstić information content (AvgIpc) is 3.49. The zero-order valence-electron chi connectivity index (χ0n) is 20.6. The minimum absolute atomic E-state index is 0.00752. The third-order valence-corrected chi connectivity index (χ3v) is 8.91. The molecule has 6 nitrogen and oxygen atoms in total. The van der Waals surface area contributed by atoms with Crippen LogP contribution >= 0.6 is 0 Å². The van der Waals surface area contributed by atoms with Crippen LogP contribution in [0, 0.1) is 17.8 Å². The van der Waals surface area contributed by atoms with Crippen LogP contribution in [-0.4, -0.2) is 53.2 Å². The highest BCUT2D eigenvalue weighted by Gasteiger charge is 2.52. The molecule has 4 aliphatic heterocycles. The van der Waals surface area contributed by atoms with Crippen molar-refractivity contribution in [2.75, 3.05) is 24.5 Å². The van der Waals surface area contributed by atoms with E-state index in [4.69, 9.17) is 0 Å². The molecule has 0 spiro atoms. The third-order valence-electron chi connectivity index (χ3n) is 8.91. The summed E-state index contributed by atoms with van der Waals surface area (Å²) in [6.45, 7) is 3.89. The number of fused-ring (bicyclic) bond motifs is 3. The first-order chi connectivity index (χ1) is 18.1. The standard InChI is InChI=1S/C31H29N3O3/c35-29(21-9-6-10-23(15-21)34-30(36)24-11-4-5-12-25(24)31(34)37)33-17-22-13-14-28(33)27-19-32(18-26(22)27)16-20-7-2-1-3-8-20/h1-12,15,22,26-28H,13-14,16-19H2. The van der Waals surface area contributed by atoms with Gasteiger partial charge in [0, 0.05) is 37.8 Å². The van der Waals surface area contributed by atoms with Gasteiger partial charge < -0.3 is 4.90 Å². The molecule has 3 aromatic rings. The normalized spacial score (nSPS) is 26.5. The van der Waals surface area contributed by atoms with E-state index in [2.05, 4.69) is 40.1 Å². The van der Waals surface area contributed by atoms with Crippen LogP contribution in [0.2, 0.25) is 0 Å². The number of carbonyl (C=O) groups excluding carboxylic acids is 3. The number of hydrogen-bond donors (Lipinski definition) is 0. The molecule has 1 aliphatic carbocycles. The Morgan fingerprint density at radius 2 is 1.46 bits per heavy atom. The molecule has 37 heavy (non-hydrogen) atoms. The molecule has 5 aliphatic rings. The summed E-state index contributed by atoms with van der Waals surface area (Å²) in [5.74, 6) is 1.01. The van der Waals surface area contributed by atoms with Gasteiger partial charge >= 0.3 is 0 Å². The molecule has 4 unspecified atom stereocenters. The van der Waals surface area contributed by atoms with Crippen molar-refractivity contribution in [3.63, 3.8) is 0 Å². The molecule has 4 heterocycles. The zero-order chi connectivity index (χ0) is 25.1. The summed E-state index contributed by atoms with van der Waals surface area (Å²) in [7, 11) is 0. The fraction of sp³-hybridized carbons (Fsp3) is 0.323. The van der Waals surface area contributed by atoms with E-state index in [0.29, 0.717) is 40.1 Å². The summed E-state index contributed by atoms with van der Waals surface area (Å²) in [6, 6.07) is 24.8. The summed E-state index contributed by atoms with van der Waals surface area (Å²) in [6.07, 6.45) is 2.23. The van der Waals surface area contributed by atoms with Gasteiger partial charge in [-0.1, -0.05) is 48.5 Å². The summed E-state index contributed by atoms with van der Waals surface area (Å²) >= 11 is 0. The summed E-state index contributed by atoms with van der Waals surface area (Å²) in [5, 5.41) is 0. The lowest BCUT2D eigenvalue weighted by atomic mass is 9.66. The van der Waals surface area contributed by atoms with Crippen LogP contribution in [0.4, 0.5) is 5.69 Å². The van der Waals surface area contributed by atoms with Gasteiger partial charge in [0.05, 0.1) is 16.8 Å². The molecule has 2 bridgehead atoms. The van der Waals surface area contributed by atoms with E-state index in [9.17, 15) is 14.4 Å². The van der Waals surface area contributed by atoms with Crippen LogP contribution in [0.25, 0.3) is 0 Å². The van der Waals surface area contributed by atoms with Crippen molar-refractivity contribution in [3.8, 4) is 0 Å². The number of likely N-dealkylation sites (tertiary alicyclic amines) is 1. The highest BCUT2D eigenvalue weighted by Crippen LogP contribution is 2.47. The van der Waals surface area contributed by atoms with E-state index in [0.717, 1.165) is 32.6 Å². The Hall–Kier alpha value is -3.77. The first-order valence-electron chi connectivity index (χ1n) is 13.2. The maximum absolute atomic E-state index is 13.8. The lowest BCUT2D eigenvalue weighted by Crippen LogP contribution is -2.59. The molecule has 3 saturated heterocycles. The minimum Gasteiger partial charge on any atom is -0.335 e. The van der Waals surface area contributed by atoms with Gasteiger partial charge in [0.2, 0.25) is 0 Å². The van der Waals surface area contributed by atoms with Gasteiger partial charge in [0.15, 0.2) is 0 Å². The van der Waals surface area contributed by atoms with E-state index in [1.807, 2.05) is 0 Å². The van der Waals surface area contributed by atoms with E-state index in [1.54, 1.807) is 48.5 Å². The average molecular weight is 492 g/mol. The largest absolute Gasteiger partial charge is 0.335 e.